The van der Waals surface area contributed by atoms with Gasteiger partial charge >= 0.3 is 0 Å². The molecule has 100 valence electrons. The molecule has 0 unspecified atom stereocenters. The van der Waals surface area contributed by atoms with Crippen LogP contribution in [-0.2, 0) is 0 Å². The first-order valence-corrected chi connectivity index (χ1v) is 6.52. The van der Waals surface area contributed by atoms with E-state index < -0.39 is 0 Å². The lowest BCUT2D eigenvalue weighted by Gasteiger charge is -2.11. The number of anilines is 1. The van der Waals surface area contributed by atoms with E-state index in [0.29, 0.717) is 11.7 Å². The Bertz CT molecular complexity index is 550. The van der Waals surface area contributed by atoms with E-state index in [1.165, 1.54) is 0 Å². The van der Waals surface area contributed by atoms with Crippen molar-refractivity contribution in [1.29, 1.82) is 0 Å². The molecule has 0 aliphatic rings. The van der Waals surface area contributed by atoms with Crippen molar-refractivity contribution < 1.29 is 5.11 Å². The van der Waals surface area contributed by atoms with Gasteiger partial charge in [-0.25, -0.2) is 9.97 Å². The third kappa shape index (κ3) is 3.22. The fraction of sp³-hybridized carbons (Fsp3) is 0.333. The molecule has 1 aromatic heterocycles. The molecular weight excluding hydrogens is 238 g/mol. The number of phenolic OH excluding ortho intramolecular Hbond substituents is 1. The molecule has 0 bridgehead atoms. The third-order valence-corrected chi connectivity index (χ3v) is 2.82. The Balaban J connectivity index is 2.46. The van der Waals surface area contributed by atoms with Gasteiger partial charge in [0.15, 0.2) is 5.82 Å². The lowest BCUT2D eigenvalue weighted by Crippen LogP contribution is -2.05. The van der Waals surface area contributed by atoms with E-state index in [0.717, 1.165) is 23.6 Å². The molecule has 4 heteroatoms. The van der Waals surface area contributed by atoms with E-state index in [-0.39, 0.29) is 5.75 Å². The van der Waals surface area contributed by atoms with Gasteiger partial charge in [-0.05, 0) is 37.1 Å². The zero-order chi connectivity index (χ0) is 13.8. The smallest absolute Gasteiger partial charge is 0.161 e. The van der Waals surface area contributed by atoms with Gasteiger partial charge in [-0.1, -0.05) is 13.8 Å². The Morgan fingerprint density at radius 3 is 2.42 bits per heavy atom. The zero-order valence-corrected chi connectivity index (χ0v) is 11.5. The Hall–Kier alpha value is -2.10. The van der Waals surface area contributed by atoms with Crippen LogP contribution in [0.2, 0.25) is 0 Å². The fourth-order valence-electron chi connectivity index (χ4n) is 1.77. The van der Waals surface area contributed by atoms with Crippen molar-refractivity contribution in [2.24, 2.45) is 0 Å². The van der Waals surface area contributed by atoms with Crippen molar-refractivity contribution in [3.63, 3.8) is 0 Å². The van der Waals surface area contributed by atoms with Crippen molar-refractivity contribution in [2.45, 2.75) is 26.7 Å². The first kappa shape index (κ1) is 13.3. The molecule has 2 N–H and O–H groups in total. The van der Waals surface area contributed by atoms with E-state index in [2.05, 4.69) is 29.1 Å². The summed E-state index contributed by atoms with van der Waals surface area (Å²) in [7, 11) is 0. The number of nitrogens with zero attached hydrogens (tertiary/aromatic N) is 2. The molecule has 0 radical (unpaired) electrons. The van der Waals surface area contributed by atoms with Crippen LogP contribution in [0, 0.1) is 0 Å². The molecule has 0 saturated carbocycles. The lowest BCUT2D eigenvalue weighted by molar-refractivity contribution is 0.475. The minimum absolute atomic E-state index is 0.246. The minimum Gasteiger partial charge on any atom is -0.508 e. The Morgan fingerprint density at radius 1 is 1.16 bits per heavy atom. The van der Waals surface area contributed by atoms with E-state index in [4.69, 9.17) is 0 Å². The standard InChI is InChI=1S/C15H19N3O/c1-4-16-14-9-13(10(2)3)17-15(18-14)11-5-7-12(19)8-6-11/h5-10,19H,4H2,1-3H3,(H,16,17,18). The van der Waals surface area contributed by atoms with E-state index in [1.54, 1.807) is 12.1 Å². The van der Waals surface area contributed by atoms with Gasteiger partial charge in [-0.15, -0.1) is 0 Å². The first-order valence-electron chi connectivity index (χ1n) is 6.52. The van der Waals surface area contributed by atoms with Crippen LogP contribution in [0.15, 0.2) is 30.3 Å². The summed E-state index contributed by atoms with van der Waals surface area (Å²) in [4.78, 5) is 9.08. The van der Waals surface area contributed by atoms with E-state index in [1.807, 2.05) is 25.1 Å². The van der Waals surface area contributed by atoms with Crippen LogP contribution < -0.4 is 5.32 Å². The number of hydrogen-bond donors (Lipinski definition) is 2. The SMILES string of the molecule is CCNc1cc(C(C)C)nc(-c2ccc(O)cc2)n1. The molecule has 4 nitrogen and oxygen atoms in total. The maximum absolute atomic E-state index is 9.33. The van der Waals surface area contributed by atoms with Crippen molar-refractivity contribution in [3.05, 3.63) is 36.0 Å². The van der Waals surface area contributed by atoms with Gasteiger partial charge in [-0.2, -0.15) is 0 Å². The predicted octanol–water partition coefficient (Wildman–Crippen LogP) is 3.40. The summed E-state index contributed by atoms with van der Waals surface area (Å²) in [6.45, 7) is 7.08. The maximum atomic E-state index is 9.33. The van der Waals surface area contributed by atoms with Gasteiger partial charge in [-0.3, -0.25) is 0 Å². The number of benzene rings is 1. The first-order chi connectivity index (χ1) is 9.10. The second-order valence-corrected chi connectivity index (χ2v) is 4.73. The number of rotatable bonds is 4. The molecule has 0 aliphatic heterocycles. The number of hydrogen-bond acceptors (Lipinski definition) is 4. The third-order valence-electron chi connectivity index (χ3n) is 2.82. The summed E-state index contributed by atoms with van der Waals surface area (Å²) in [6, 6.07) is 8.93. The van der Waals surface area contributed by atoms with E-state index in [9.17, 15) is 5.11 Å². The summed E-state index contributed by atoms with van der Waals surface area (Å²) in [5.41, 5.74) is 1.91. The number of nitrogens with one attached hydrogen (secondary N) is 1. The van der Waals surface area contributed by atoms with Crippen LogP contribution in [0.5, 0.6) is 5.75 Å². The van der Waals surface area contributed by atoms with Crippen LogP contribution in [-0.4, -0.2) is 21.6 Å². The Morgan fingerprint density at radius 2 is 1.84 bits per heavy atom. The molecule has 1 aromatic carbocycles. The van der Waals surface area contributed by atoms with Gasteiger partial charge in [0.1, 0.15) is 11.6 Å². The molecule has 0 spiro atoms. The van der Waals surface area contributed by atoms with Gasteiger partial charge in [0, 0.05) is 23.9 Å². The molecule has 2 rings (SSSR count). The van der Waals surface area contributed by atoms with Gasteiger partial charge in [0.2, 0.25) is 0 Å². The molecule has 0 aliphatic carbocycles. The molecule has 1 heterocycles. The molecular formula is C15H19N3O. The summed E-state index contributed by atoms with van der Waals surface area (Å²) in [5.74, 6) is 2.11. The number of aromatic hydroxyl groups is 1. The highest BCUT2D eigenvalue weighted by Crippen LogP contribution is 2.23. The lowest BCUT2D eigenvalue weighted by atomic mass is 10.1. The molecule has 2 aromatic rings. The highest BCUT2D eigenvalue weighted by atomic mass is 16.3. The molecule has 0 atom stereocenters. The summed E-state index contributed by atoms with van der Waals surface area (Å²) in [6.07, 6.45) is 0. The zero-order valence-electron chi connectivity index (χ0n) is 11.5. The molecule has 0 fully saturated rings. The summed E-state index contributed by atoms with van der Waals surface area (Å²) in [5, 5.41) is 12.6. The predicted molar refractivity (Wildman–Crippen MR) is 77.4 cm³/mol. The molecule has 0 amide bonds. The molecule has 0 saturated heterocycles. The van der Waals surface area contributed by atoms with Crippen molar-refractivity contribution in [2.75, 3.05) is 11.9 Å². The fourth-order valence-corrected chi connectivity index (χ4v) is 1.77. The minimum atomic E-state index is 0.246. The van der Waals surface area contributed by atoms with E-state index >= 15 is 0 Å². The van der Waals surface area contributed by atoms with Crippen molar-refractivity contribution >= 4 is 5.82 Å². The van der Waals surface area contributed by atoms with Crippen LogP contribution in [0.3, 0.4) is 0 Å². The average Bonchev–Trinajstić information content (AvgIpc) is 2.39. The monoisotopic (exact) mass is 257 g/mol. The van der Waals surface area contributed by atoms with Gasteiger partial charge in [0.05, 0.1) is 0 Å². The quantitative estimate of drug-likeness (QED) is 0.881. The maximum Gasteiger partial charge on any atom is 0.161 e. The van der Waals surface area contributed by atoms with Gasteiger partial charge < -0.3 is 10.4 Å². The van der Waals surface area contributed by atoms with Crippen LogP contribution >= 0.6 is 0 Å². The summed E-state index contributed by atoms with van der Waals surface area (Å²) >= 11 is 0. The van der Waals surface area contributed by atoms with Crippen molar-refractivity contribution in [1.82, 2.24) is 9.97 Å². The number of aromatic nitrogens is 2. The highest BCUT2D eigenvalue weighted by Gasteiger charge is 2.09. The normalized spacial score (nSPS) is 10.7. The Labute approximate surface area is 113 Å². The average molecular weight is 257 g/mol. The van der Waals surface area contributed by atoms with Crippen molar-refractivity contribution in [3.8, 4) is 17.1 Å². The number of phenols is 1. The van der Waals surface area contributed by atoms with Crippen LogP contribution in [0.1, 0.15) is 32.4 Å². The second kappa shape index (κ2) is 5.69. The summed E-state index contributed by atoms with van der Waals surface area (Å²) < 4.78 is 0. The van der Waals surface area contributed by atoms with Crippen LogP contribution in [0.25, 0.3) is 11.4 Å². The second-order valence-electron chi connectivity index (χ2n) is 4.73. The highest BCUT2D eigenvalue weighted by molar-refractivity contribution is 5.58. The molecule has 19 heavy (non-hydrogen) atoms. The van der Waals surface area contributed by atoms with Crippen LogP contribution in [0.4, 0.5) is 5.82 Å². The Kier molecular flexibility index (Phi) is 4.00. The topological polar surface area (TPSA) is 58.0 Å². The largest absolute Gasteiger partial charge is 0.508 e. The van der Waals surface area contributed by atoms with Gasteiger partial charge in [0.25, 0.3) is 0 Å².